The van der Waals surface area contributed by atoms with Gasteiger partial charge in [-0.3, -0.25) is 9.59 Å². The van der Waals surface area contributed by atoms with E-state index in [1.54, 1.807) is 37.3 Å². The van der Waals surface area contributed by atoms with Gasteiger partial charge in [0.2, 0.25) is 5.91 Å². The van der Waals surface area contributed by atoms with Crippen molar-refractivity contribution in [3.8, 4) is 0 Å². The summed E-state index contributed by atoms with van der Waals surface area (Å²) < 4.78 is 19.0. The molecule has 0 saturated carbocycles. The van der Waals surface area contributed by atoms with Crippen LogP contribution in [0.15, 0.2) is 47.1 Å². The van der Waals surface area contributed by atoms with E-state index in [1.165, 1.54) is 22.1 Å². The van der Waals surface area contributed by atoms with Crippen LogP contribution in [0.4, 0.5) is 10.1 Å². The molecule has 1 aromatic heterocycles. The summed E-state index contributed by atoms with van der Waals surface area (Å²) in [5.41, 5.74) is 0.240. The smallest absolute Gasteiger partial charge is 0.290 e. The molecule has 0 bridgehead atoms. The maximum Gasteiger partial charge on any atom is 0.290 e. The quantitative estimate of drug-likeness (QED) is 0.855. The number of amides is 2. The van der Waals surface area contributed by atoms with Crippen LogP contribution in [0.5, 0.6) is 0 Å². The highest BCUT2D eigenvalue weighted by Crippen LogP contribution is 2.24. The summed E-state index contributed by atoms with van der Waals surface area (Å²) in [6.45, 7) is 2.20. The molecule has 0 N–H and O–H groups in total. The second-order valence-corrected chi connectivity index (χ2v) is 5.09. The first-order valence-corrected chi connectivity index (χ1v) is 7.00. The molecule has 6 heteroatoms. The lowest BCUT2D eigenvalue weighted by Gasteiger charge is -2.38. The molecule has 0 aliphatic carbocycles. The topological polar surface area (TPSA) is 53.8 Å². The Balaban J connectivity index is 1.82. The van der Waals surface area contributed by atoms with Gasteiger partial charge in [-0.25, -0.2) is 4.39 Å². The number of hydrogen-bond donors (Lipinski definition) is 0. The van der Waals surface area contributed by atoms with E-state index in [-0.39, 0.29) is 29.8 Å². The standard InChI is InChI=1S/C16H15FN2O3/c1-11-15(20)19(13-6-3-2-5-12(13)17)9-8-18(11)16(21)14-7-4-10-22-14/h2-7,10-11H,8-9H2,1H3. The molecular formula is C16H15FN2O3. The number of benzene rings is 1. The van der Waals surface area contributed by atoms with Gasteiger partial charge in [0, 0.05) is 13.1 Å². The van der Waals surface area contributed by atoms with Gasteiger partial charge in [0.1, 0.15) is 11.9 Å². The van der Waals surface area contributed by atoms with Crippen LogP contribution in [0.25, 0.3) is 0 Å². The predicted octanol–water partition coefficient (Wildman–Crippen LogP) is 2.30. The monoisotopic (exact) mass is 302 g/mol. The fourth-order valence-corrected chi connectivity index (χ4v) is 2.60. The first-order chi connectivity index (χ1) is 10.6. The van der Waals surface area contributed by atoms with E-state index < -0.39 is 11.9 Å². The van der Waals surface area contributed by atoms with E-state index in [4.69, 9.17) is 4.42 Å². The maximum absolute atomic E-state index is 13.9. The number of anilines is 1. The lowest BCUT2D eigenvalue weighted by atomic mass is 10.1. The van der Waals surface area contributed by atoms with Gasteiger partial charge in [0.25, 0.3) is 5.91 Å². The summed E-state index contributed by atoms with van der Waals surface area (Å²) in [6.07, 6.45) is 1.41. The zero-order valence-corrected chi connectivity index (χ0v) is 12.0. The van der Waals surface area contributed by atoms with Crippen molar-refractivity contribution in [1.82, 2.24) is 4.90 Å². The third-order valence-corrected chi connectivity index (χ3v) is 3.79. The van der Waals surface area contributed by atoms with Crippen LogP contribution in [0.3, 0.4) is 0 Å². The van der Waals surface area contributed by atoms with Crippen LogP contribution in [-0.2, 0) is 4.79 Å². The van der Waals surface area contributed by atoms with Crippen LogP contribution in [-0.4, -0.2) is 35.8 Å². The van der Waals surface area contributed by atoms with Crippen molar-refractivity contribution < 1.29 is 18.4 Å². The van der Waals surface area contributed by atoms with Crippen molar-refractivity contribution in [3.63, 3.8) is 0 Å². The Bertz CT molecular complexity index is 699. The highest BCUT2D eigenvalue weighted by molar-refractivity contribution is 6.02. The second-order valence-electron chi connectivity index (χ2n) is 5.09. The summed E-state index contributed by atoms with van der Waals surface area (Å²) >= 11 is 0. The van der Waals surface area contributed by atoms with Crippen molar-refractivity contribution in [1.29, 1.82) is 0 Å². The van der Waals surface area contributed by atoms with Crippen LogP contribution in [0, 0.1) is 5.82 Å². The van der Waals surface area contributed by atoms with Gasteiger partial charge in [-0.1, -0.05) is 12.1 Å². The van der Waals surface area contributed by atoms with Crippen LogP contribution < -0.4 is 4.90 Å². The van der Waals surface area contributed by atoms with Crippen molar-refractivity contribution in [3.05, 3.63) is 54.2 Å². The fourth-order valence-electron chi connectivity index (χ4n) is 2.60. The average Bonchev–Trinajstić information content (AvgIpc) is 3.05. The fraction of sp³-hybridized carbons (Fsp3) is 0.250. The van der Waals surface area contributed by atoms with E-state index >= 15 is 0 Å². The third kappa shape index (κ3) is 2.36. The third-order valence-electron chi connectivity index (χ3n) is 3.79. The molecule has 1 saturated heterocycles. The molecule has 1 aliphatic heterocycles. The Morgan fingerprint density at radius 1 is 1.23 bits per heavy atom. The van der Waals surface area contributed by atoms with Gasteiger partial charge in [0.15, 0.2) is 5.76 Å². The first-order valence-electron chi connectivity index (χ1n) is 7.00. The Hall–Kier alpha value is -2.63. The minimum Gasteiger partial charge on any atom is -0.459 e. The van der Waals surface area contributed by atoms with Crippen molar-refractivity contribution in [2.24, 2.45) is 0 Å². The number of hydrogen-bond acceptors (Lipinski definition) is 3. The SMILES string of the molecule is CC1C(=O)N(c2ccccc2F)CCN1C(=O)c1ccco1. The molecule has 1 aromatic carbocycles. The lowest BCUT2D eigenvalue weighted by Crippen LogP contribution is -2.57. The Morgan fingerprint density at radius 3 is 2.68 bits per heavy atom. The predicted molar refractivity (Wildman–Crippen MR) is 78.0 cm³/mol. The number of carbonyl (C=O) groups is 2. The number of carbonyl (C=O) groups excluding carboxylic acids is 2. The summed E-state index contributed by atoms with van der Waals surface area (Å²) in [7, 11) is 0. The Labute approximate surface area is 126 Å². The van der Waals surface area contributed by atoms with Crippen molar-refractivity contribution >= 4 is 17.5 Å². The molecule has 5 nitrogen and oxygen atoms in total. The lowest BCUT2D eigenvalue weighted by molar-refractivity contribution is -0.124. The molecule has 2 heterocycles. The van der Waals surface area contributed by atoms with Gasteiger partial charge >= 0.3 is 0 Å². The molecule has 0 radical (unpaired) electrons. The molecule has 1 unspecified atom stereocenters. The van der Waals surface area contributed by atoms with E-state index in [0.29, 0.717) is 6.54 Å². The number of halogens is 1. The molecule has 1 atom stereocenters. The van der Waals surface area contributed by atoms with E-state index in [1.807, 2.05) is 0 Å². The molecule has 2 aromatic rings. The summed E-state index contributed by atoms with van der Waals surface area (Å²) in [5.74, 6) is -0.900. The number of nitrogens with zero attached hydrogens (tertiary/aromatic N) is 2. The largest absolute Gasteiger partial charge is 0.459 e. The van der Waals surface area contributed by atoms with Crippen LogP contribution >= 0.6 is 0 Å². The van der Waals surface area contributed by atoms with Gasteiger partial charge in [0.05, 0.1) is 12.0 Å². The molecular weight excluding hydrogens is 287 g/mol. The van der Waals surface area contributed by atoms with Crippen molar-refractivity contribution in [2.45, 2.75) is 13.0 Å². The average molecular weight is 302 g/mol. The molecule has 1 aliphatic rings. The summed E-state index contributed by atoms with van der Waals surface area (Å²) in [6, 6.07) is 8.63. The molecule has 114 valence electrons. The highest BCUT2D eigenvalue weighted by Gasteiger charge is 2.36. The van der Waals surface area contributed by atoms with Crippen LogP contribution in [0.2, 0.25) is 0 Å². The van der Waals surface area contributed by atoms with Crippen molar-refractivity contribution in [2.75, 3.05) is 18.0 Å². The number of para-hydroxylation sites is 1. The van der Waals surface area contributed by atoms with Gasteiger partial charge < -0.3 is 14.2 Å². The summed E-state index contributed by atoms with van der Waals surface area (Å²) in [5, 5.41) is 0. The van der Waals surface area contributed by atoms with Crippen LogP contribution in [0.1, 0.15) is 17.5 Å². The molecule has 3 rings (SSSR count). The number of rotatable bonds is 2. The zero-order chi connectivity index (χ0) is 15.7. The molecule has 0 spiro atoms. The minimum atomic E-state index is -0.675. The molecule has 22 heavy (non-hydrogen) atoms. The van der Waals surface area contributed by atoms with Gasteiger partial charge in [-0.2, -0.15) is 0 Å². The minimum absolute atomic E-state index is 0.194. The normalized spacial score (nSPS) is 18.6. The molecule has 1 fully saturated rings. The highest BCUT2D eigenvalue weighted by atomic mass is 19.1. The Morgan fingerprint density at radius 2 is 2.00 bits per heavy atom. The Kier molecular flexibility index (Phi) is 3.66. The molecule has 2 amide bonds. The van der Waals surface area contributed by atoms with E-state index in [9.17, 15) is 14.0 Å². The van der Waals surface area contributed by atoms with Gasteiger partial charge in [-0.05, 0) is 31.2 Å². The second kappa shape index (κ2) is 5.63. The maximum atomic E-state index is 13.9. The number of piperazine rings is 1. The van der Waals surface area contributed by atoms with Gasteiger partial charge in [-0.15, -0.1) is 0 Å². The van der Waals surface area contributed by atoms with E-state index in [2.05, 4.69) is 0 Å². The first kappa shape index (κ1) is 14.3. The summed E-state index contributed by atoms with van der Waals surface area (Å²) in [4.78, 5) is 27.6. The number of furan rings is 1. The van der Waals surface area contributed by atoms with E-state index in [0.717, 1.165) is 0 Å². The zero-order valence-electron chi connectivity index (χ0n) is 12.0.